The van der Waals surface area contributed by atoms with E-state index in [1.165, 1.54) is 19.3 Å². The second kappa shape index (κ2) is 6.66. The first-order valence-corrected chi connectivity index (χ1v) is 6.08. The van der Waals surface area contributed by atoms with Gasteiger partial charge in [0.2, 0.25) is 0 Å². The molecule has 0 aliphatic rings. The summed E-state index contributed by atoms with van der Waals surface area (Å²) in [6.07, 6.45) is 8.41. The summed E-state index contributed by atoms with van der Waals surface area (Å²) in [6.45, 7) is 4.34. The SMILES string of the molecule is CCCCCC(C)n1cncc1C(N)CO. The highest BCUT2D eigenvalue weighted by Gasteiger charge is 2.14. The van der Waals surface area contributed by atoms with Gasteiger partial charge in [0, 0.05) is 12.2 Å². The van der Waals surface area contributed by atoms with Gasteiger partial charge in [-0.15, -0.1) is 0 Å². The van der Waals surface area contributed by atoms with Gasteiger partial charge in [-0.05, 0) is 13.3 Å². The Hall–Kier alpha value is -0.870. The highest BCUT2D eigenvalue weighted by molar-refractivity contribution is 5.05. The van der Waals surface area contributed by atoms with Gasteiger partial charge >= 0.3 is 0 Å². The Morgan fingerprint density at radius 3 is 2.88 bits per heavy atom. The average Bonchev–Trinajstić information content (AvgIpc) is 2.77. The van der Waals surface area contributed by atoms with Crippen LogP contribution in [0.15, 0.2) is 12.5 Å². The average molecular weight is 225 g/mol. The van der Waals surface area contributed by atoms with E-state index in [0.29, 0.717) is 6.04 Å². The minimum atomic E-state index is -0.323. The second-order valence-corrected chi connectivity index (χ2v) is 4.36. The molecule has 16 heavy (non-hydrogen) atoms. The van der Waals surface area contributed by atoms with E-state index in [4.69, 9.17) is 10.8 Å². The van der Waals surface area contributed by atoms with E-state index in [9.17, 15) is 0 Å². The van der Waals surface area contributed by atoms with Gasteiger partial charge in [0.25, 0.3) is 0 Å². The van der Waals surface area contributed by atoms with Gasteiger partial charge in [0.15, 0.2) is 0 Å². The van der Waals surface area contributed by atoms with E-state index in [0.717, 1.165) is 12.1 Å². The van der Waals surface area contributed by atoms with Gasteiger partial charge in [0.05, 0.1) is 24.7 Å². The van der Waals surface area contributed by atoms with Crippen molar-refractivity contribution in [2.45, 2.75) is 51.6 Å². The van der Waals surface area contributed by atoms with Crippen molar-refractivity contribution in [3.8, 4) is 0 Å². The van der Waals surface area contributed by atoms with Crippen molar-refractivity contribution in [1.29, 1.82) is 0 Å². The number of aliphatic hydroxyl groups is 1. The van der Waals surface area contributed by atoms with Gasteiger partial charge in [0.1, 0.15) is 0 Å². The first kappa shape index (κ1) is 13.2. The van der Waals surface area contributed by atoms with Crippen molar-refractivity contribution in [3.63, 3.8) is 0 Å². The maximum Gasteiger partial charge on any atom is 0.0951 e. The first-order valence-electron chi connectivity index (χ1n) is 6.08. The Bertz CT molecular complexity index is 298. The zero-order valence-electron chi connectivity index (χ0n) is 10.3. The summed E-state index contributed by atoms with van der Waals surface area (Å²) in [6, 6.07) is 0.0813. The monoisotopic (exact) mass is 225 g/mol. The molecule has 4 heteroatoms. The van der Waals surface area contributed by atoms with Crippen molar-refractivity contribution in [2.24, 2.45) is 5.73 Å². The minimum absolute atomic E-state index is 0.0344. The fraction of sp³-hybridized carbons (Fsp3) is 0.750. The van der Waals surface area contributed by atoms with Crippen LogP contribution in [0.3, 0.4) is 0 Å². The molecule has 0 fully saturated rings. The van der Waals surface area contributed by atoms with E-state index in [2.05, 4.69) is 23.4 Å². The smallest absolute Gasteiger partial charge is 0.0951 e. The predicted octanol–water partition coefficient (Wildman–Crippen LogP) is 2.02. The van der Waals surface area contributed by atoms with Crippen LogP contribution in [0.25, 0.3) is 0 Å². The molecule has 92 valence electrons. The van der Waals surface area contributed by atoms with Crippen LogP contribution < -0.4 is 5.73 Å². The predicted molar refractivity (Wildman–Crippen MR) is 65.1 cm³/mol. The Morgan fingerprint density at radius 2 is 2.25 bits per heavy atom. The van der Waals surface area contributed by atoms with E-state index in [1.54, 1.807) is 6.20 Å². The summed E-state index contributed by atoms with van der Waals surface area (Å²) in [5.41, 5.74) is 6.74. The molecule has 4 nitrogen and oxygen atoms in total. The zero-order valence-corrected chi connectivity index (χ0v) is 10.3. The normalized spacial score (nSPS) is 15.0. The van der Waals surface area contributed by atoms with Gasteiger partial charge in [-0.3, -0.25) is 0 Å². The number of unbranched alkanes of at least 4 members (excludes halogenated alkanes) is 2. The van der Waals surface area contributed by atoms with Crippen LogP contribution in [-0.2, 0) is 0 Å². The van der Waals surface area contributed by atoms with Crippen LogP contribution in [0.5, 0.6) is 0 Å². The number of rotatable bonds is 7. The van der Waals surface area contributed by atoms with Gasteiger partial charge < -0.3 is 15.4 Å². The largest absolute Gasteiger partial charge is 0.394 e. The molecule has 0 amide bonds. The molecule has 0 aromatic carbocycles. The quantitative estimate of drug-likeness (QED) is 0.698. The van der Waals surface area contributed by atoms with E-state index in [1.807, 2.05) is 6.33 Å². The van der Waals surface area contributed by atoms with Crippen molar-refractivity contribution in [3.05, 3.63) is 18.2 Å². The van der Waals surface area contributed by atoms with Crippen LogP contribution in [0.1, 0.15) is 57.3 Å². The third kappa shape index (κ3) is 3.32. The Labute approximate surface area is 97.5 Å². The Morgan fingerprint density at radius 1 is 1.50 bits per heavy atom. The van der Waals surface area contributed by atoms with Crippen LogP contribution in [0.4, 0.5) is 0 Å². The molecule has 0 saturated heterocycles. The van der Waals surface area contributed by atoms with Crippen molar-refractivity contribution >= 4 is 0 Å². The van der Waals surface area contributed by atoms with Crippen molar-refractivity contribution in [1.82, 2.24) is 9.55 Å². The summed E-state index contributed by atoms with van der Waals surface area (Å²) in [5, 5.41) is 9.06. The molecular weight excluding hydrogens is 202 g/mol. The summed E-state index contributed by atoms with van der Waals surface area (Å²) in [5.74, 6) is 0. The highest BCUT2D eigenvalue weighted by Crippen LogP contribution is 2.20. The molecular formula is C12H23N3O. The minimum Gasteiger partial charge on any atom is -0.394 e. The Kier molecular flexibility index (Phi) is 5.49. The lowest BCUT2D eigenvalue weighted by molar-refractivity contribution is 0.261. The van der Waals surface area contributed by atoms with Crippen molar-refractivity contribution in [2.75, 3.05) is 6.61 Å². The molecule has 0 aliphatic carbocycles. The van der Waals surface area contributed by atoms with Crippen LogP contribution >= 0.6 is 0 Å². The first-order chi connectivity index (χ1) is 7.70. The molecule has 0 radical (unpaired) electrons. The number of imidazole rings is 1. The van der Waals surface area contributed by atoms with E-state index < -0.39 is 0 Å². The number of nitrogens with two attached hydrogens (primary N) is 1. The second-order valence-electron chi connectivity index (χ2n) is 4.36. The summed E-state index contributed by atoms with van der Waals surface area (Å²) in [4.78, 5) is 4.11. The molecule has 1 aromatic rings. The lowest BCUT2D eigenvalue weighted by Gasteiger charge is -2.18. The third-order valence-corrected chi connectivity index (χ3v) is 2.97. The highest BCUT2D eigenvalue weighted by atomic mass is 16.3. The standard InChI is InChI=1S/C12H23N3O/c1-3-4-5-6-10(2)15-9-14-7-12(15)11(13)8-16/h7,9-11,16H,3-6,8,13H2,1-2H3. The third-order valence-electron chi connectivity index (χ3n) is 2.97. The summed E-state index contributed by atoms with van der Waals surface area (Å²) < 4.78 is 2.08. The molecule has 1 aromatic heterocycles. The number of nitrogens with zero attached hydrogens (tertiary/aromatic N) is 2. The molecule has 0 aliphatic heterocycles. The van der Waals surface area contributed by atoms with E-state index >= 15 is 0 Å². The van der Waals surface area contributed by atoms with Gasteiger partial charge in [-0.1, -0.05) is 26.2 Å². The van der Waals surface area contributed by atoms with Crippen LogP contribution in [0, 0.1) is 0 Å². The van der Waals surface area contributed by atoms with Crippen molar-refractivity contribution < 1.29 is 5.11 Å². The lowest BCUT2D eigenvalue weighted by atomic mass is 10.1. The molecule has 2 unspecified atom stereocenters. The molecule has 1 heterocycles. The summed E-state index contributed by atoms with van der Waals surface area (Å²) >= 11 is 0. The number of hydrogen-bond acceptors (Lipinski definition) is 3. The topological polar surface area (TPSA) is 64.1 Å². The number of aliphatic hydroxyl groups excluding tert-OH is 1. The fourth-order valence-corrected chi connectivity index (χ4v) is 1.89. The van der Waals surface area contributed by atoms with Gasteiger partial charge in [-0.25, -0.2) is 4.98 Å². The maximum absolute atomic E-state index is 9.06. The summed E-state index contributed by atoms with van der Waals surface area (Å²) in [7, 11) is 0. The van der Waals surface area contributed by atoms with Crippen LogP contribution in [0.2, 0.25) is 0 Å². The molecule has 2 atom stereocenters. The zero-order chi connectivity index (χ0) is 12.0. The van der Waals surface area contributed by atoms with E-state index in [-0.39, 0.29) is 12.6 Å². The lowest BCUT2D eigenvalue weighted by Crippen LogP contribution is -2.20. The van der Waals surface area contributed by atoms with Crippen LogP contribution in [-0.4, -0.2) is 21.3 Å². The fourth-order valence-electron chi connectivity index (χ4n) is 1.89. The number of aromatic nitrogens is 2. The molecule has 1 rings (SSSR count). The molecule has 3 N–H and O–H groups in total. The number of hydrogen-bond donors (Lipinski definition) is 2. The van der Waals surface area contributed by atoms with Gasteiger partial charge in [-0.2, -0.15) is 0 Å². The molecule has 0 saturated carbocycles. The molecule has 0 spiro atoms. The molecule has 0 bridgehead atoms. The maximum atomic E-state index is 9.06. The Balaban J connectivity index is 2.60.